The van der Waals surface area contributed by atoms with Gasteiger partial charge in [-0.3, -0.25) is 14.6 Å². The molecule has 6 nitrogen and oxygen atoms in total. The highest BCUT2D eigenvalue weighted by Crippen LogP contribution is 2.22. The second-order valence-corrected chi connectivity index (χ2v) is 6.53. The minimum absolute atomic E-state index is 0.0536. The Morgan fingerprint density at radius 3 is 2.64 bits per heavy atom. The average Bonchev–Trinajstić information content (AvgIpc) is 3.21. The summed E-state index contributed by atoms with van der Waals surface area (Å²) < 4.78 is 1.65. The van der Waals surface area contributed by atoms with E-state index in [1.165, 1.54) is 0 Å². The van der Waals surface area contributed by atoms with Gasteiger partial charge >= 0.3 is 0 Å². The first-order chi connectivity index (χ1) is 12.0. The molecule has 0 aliphatic heterocycles. The van der Waals surface area contributed by atoms with E-state index in [2.05, 4.69) is 29.1 Å². The molecule has 0 spiro atoms. The number of nitrogens with one attached hydrogen (secondary N) is 1. The number of aromatic amines is 1. The molecule has 0 radical (unpaired) electrons. The molecule has 130 valence electrons. The van der Waals surface area contributed by atoms with Crippen molar-refractivity contribution in [3.63, 3.8) is 0 Å². The van der Waals surface area contributed by atoms with E-state index in [9.17, 15) is 4.79 Å². The molecule has 2 aromatic heterocycles. The summed E-state index contributed by atoms with van der Waals surface area (Å²) in [6.45, 7) is 4.61. The molecule has 0 aliphatic rings. The number of carbonyl (C=O) groups is 1. The normalized spacial score (nSPS) is 11.1. The van der Waals surface area contributed by atoms with E-state index in [-0.39, 0.29) is 11.8 Å². The quantitative estimate of drug-likeness (QED) is 0.777. The van der Waals surface area contributed by atoms with Gasteiger partial charge in [0.15, 0.2) is 0 Å². The van der Waals surface area contributed by atoms with Gasteiger partial charge in [-0.1, -0.05) is 44.2 Å². The van der Waals surface area contributed by atoms with Crippen LogP contribution in [0.25, 0.3) is 11.3 Å². The minimum Gasteiger partial charge on any atom is -0.336 e. The second kappa shape index (κ2) is 6.93. The van der Waals surface area contributed by atoms with Gasteiger partial charge in [0.2, 0.25) is 0 Å². The number of H-pyrrole nitrogens is 1. The lowest BCUT2D eigenvalue weighted by Crippen LogP contribution is -2.28. The number of aromatic nitrogens is 4. The summed E-state index contributed by atoms with van der Waals surface area (Å²) in [5, 5.41) is 11.6. The molecule has 2 heterocycles. The second-order valence-electron chi connectivity index (χ2n) is 6.53. The van der Waals surface area contributed by atoms with Gasteiger partial charge < -0.3 is 4.90 Å². The molecule has 1 N–H and O–H groups in total. The van der Waals surface area contributed by atoms with Gasteiger partial charge in [0.1, 0.15) is 5.69 Å². The van der Waals surface area contributed by atoms with Gasteiger partial charge in [-0.25, -0.2) is 0 Å². The van der Waals surface area contributed by atoms with Crippen LogP contribution < -0.4 is 0 Å². The fraction of sp³-hybridized carbons (Fsp3) is 0.316. The molecule has 0 saturated heterocycles. The number of amides is 1. The van der Waals surface area contributed by atoms with Crippen molar-refractivity contribution in [3.05, 3.63) is 59.5 Å². The monoisotopic (exact) mass is 337 g/mol. The summed E-state index contributed by atoms with van der Waals surface area (Å²) in [7, 11) is 3.60. The fourth-order valence-corrected chi connectivity index (χ4v) is 2.78. The highest BCUT2D eigenvalue weighted by atomic mass is 16.2. The van der Waals surface area contributed by atoms with Crippen molar-refractivity contribution in [1.29, 1.82) is 0 Å². The van der Waals surface area contributed by atoms with E-state index in [4.69, 9.17) is 0 Å². The maximum atomic E-state index is 12.8. The molecular weight excluding hydrogens is 314 g/mol. The van der Waals surface area contributed by atoms with Crippen molar-refractivity contribution in [2.75, 3.05) is 7.05 Å². The Kier molecular flexibility index (Phi) is 4.70. The summed E-state index contributed by atoms with van der Waals surface area (Å²) in [5.74, 6) is 0.235. The van der Waals surface area contributed by atoms with Gasteiger partial charge in [-0.05, 0) is 17.5 Å². The van der Waals surface area contributed by atoms with E-state index in [0.29, 0.717) is 12.2 Å². The van der Waals surface area contributed by atoms with Crippen LogP contribution in [0.4, 0.5) is 0 Å². The topological polar surface area (TPSA) is 66.8 Å². The molecule has 1 aromatic carbocycles. The lowest BCUT2D eigenvalue weighted by molar-refractivity contribution is 0.0774. The van der Waals surface area contributed by atoms with Gasteiger partial charge in [0.25, 0.3) is 5.91 Å². The van der Waals surface area contributed by atoms with Crippen molar-refractivity contribution in [1.82, 2.24) is 24.9 Å². The summed E-state index contributed by atoms with van der Waals surface area (Å²) in [4.78, 5) is 14.5. The standard InChI is InChI=1S/C19H23N5O/c1-13(2)16-10-17(24(4)22-16)19(25)23(3)12-15-11-20-21-18(15)14-8-6-5-7-9-14/h5-11,13H,12H2,1-4H3,(H,20,21). The van der Waals surface area contributed by atoms with Gasteiger partial charge in [0.05, 0.1) is 17.6 Å². The summed E-state index contributed by atoms with van der Waals surface area (Å²) >= 11 is 0. The highest BCUT2D eigenvalue weighted by Gasteiger charge is 2.20. The van der Waals surface area contributed by atoms with Crippen LogP contribution in [0, 0.1) is 0 Å². The molecule has 3 aromatic rings. The lowest BCUT2D eigenvalue weighted by Gasteiger charge is -2.17. The van der Waals surface area contributed by atoms with Crippen molar-refractivity contribution >= 4 is 5.91 Å². The Hall–Kier alpha value is -2.89. The van der Waals surface area contributed by atoms with Crippen LogP contribution in [-0.2, 0) is 13.6 Å². The van der Waals surface area contributed by atoms with Crippen LogP contribution in [0.1, 0.15) is 41.5 Å². The zero-order valence-electron chi connectivity index (χ0n) is 15.0. The van der Waals surface area contributed by atoms with Crippen LogP contribution in [0.2, 0.25) is 0 Å². The van der Waals surface area contributed by atoms with Crippen molar-refractivity contribution in [2.45, 2.75) is 26.3 Å². The molecule has 0 fully saturated rings. The zero-order valence-corrected chi connectivity index (χ0v) is 15.0. The van der Waals surface area contributed by atoms with Crippen LogP contribution in [0.3, 0.4) is 0 Å². The highest BCUT2D eigenvalue weighted by molar-refractivity contribution is 5.92. The van der Waals surface area contributed by atoms with Crippen LogP contribution >= 0.6 is 0 Å². The van der Waals surface area contributed by atoms with Crippen LogP contribution in [-0.4, -0.2) is 37.8 Å². The molecular formula is C19H23N5O. The molecule has 0 saturated carbocycles. The van der Waals surface area contributed by atoms with E-state index in [1.807, 2.05) is 36.4 Å². The number of hydrogen-bond acceptors (Lipinski definition) is 3. The summed E-state index contributed by atoms with van der Waals surface area (Å²) in [6, 6.07) is 11.9. The van der Waals surface area contributed by atoms with Crippen molar-refractivity contribution < 1.29 is 4.79 Å². The fourth-order valence-electron chi connectivity index (χ4n) is 2.78. The molecule has 0 bridgehead atoms. The minimum atomic E-state index is -0.0536. The Morgan fingerprint density at radius 2 is 2.00 bits per heavy atom. The first-order valence-corrected chi connectivity index (χ1v) is 8.34. The number of carbonyl (C=O) groups excluding carboxylic acids is 1. The SMILES string of the molecule is CC(C)c1cc(C(=O)N(C)Cc2cn[nH]c2-c2ccccc2)n(C)n1. The molecule has 1 amide bonds. The largest absolute Gasteiger partial charge is 0.336 e. The smallest absolute Gasteiger partial charge is 0.272 e. The predicted molar refractivity (Wildman–Crippen MR) is 97.1 cm³/mol. The first kappa shape index (κ1) is 17.0. The van der Waals surface area contributed by atoms with Crippen LogP contribution in [0.5, 0.6) is 0 Å². The van der Waals surface area contributed by atoms with E-state index < -0.39 is 0 Å². The predicted octanol–water partition coefficient (Wildman–Crippen LogP) is 3.21. The maximum Gasteiger partial charge on any atom is 0.272 e. The Morgan fingerprint density at radius 1 is 1.28 bits per heavy atom. The summed E-state index contributed by atoms with van der Waals surface area (Å²) in [6.07, 6.45) is 1.77. The number of benzene rings is 1. The van der Waals surface area contributed by atoms with Crippen molar-refractivity contribution in [2.24, 2.45) is 7.05 Å². The molecule has 0 atom stereocenters. The van der Waals surface area contributed by atoms with E-state index >= 15 is 0 Å². The number of aryl methyl sites for hydroxylation is 1. The maximum absolute atomic E-state index is 12.8. The molecule has 0 aliphatic carbocycles. The molecule has 6 heteroatoms. The van der Waals surface area contributed by atoms with E-state index in [1.54, 1.807) is 29.9 Å². The van der Waals surface area contributed by atoms with Crippen molar-refractivity contribution in [3.8, 4) is 11.3 Å². The first-order valence-electron chi connectivity index (χ1n) is 8.34. The van der Waals surface area contributed by atoms with E-state index in [0.717, 1.165) is 22.5 Å². The molecule has 25 heavy (non-hydrogen) atoms. The Bertz CT molecular complexity index is 863. The molecule has 0 unspecified atom stereocenters. The Balaban J connectivity index is 1.80. The van der Waals surface area contributed by atoms with Gasteiger partial charge in [-0.15, -0.1) is 0 Å². The van der Waals surface area contributed by atoms with Crippen LogP contribution in [0.15, 0.2) is 42.6 Å². The third kappa shape index (κ3) is 3.47. The third-order valence-electron chi connectivity index (χ3n) is 4.24. The lowest BCUT2D eigenvalue weighted by atomic mass is 10.1. The average molecular weight is 337 g/mol. The Labute approximate surface area is 147 Å². The molecule has 3 rings (SSSR count). The number of nitrogens with zero attached hydrogens (tertiary/aromatic N) is 4. The summed E-state index contributed by atoms with van der Waals surface area (Å²) in [5.41, 5.74) is 4.49. The van der Waals surface area contributed by atoms with Gasteiger partial charge in [0, 0.05) is 26.2 Å². The third-order valence-corrected chi connectivity index (χ3v) is 4.24. The van der Waals surface area contributed by atoms with Gasteiger partial charge in [-0.2, -0.15) is 10.2 Å². The number of rotatable bonds is 5. The number of hydrogen-bond donors (Lipinski definition) is 1. The zero-order chi connectivity index (χ0) is 18.0.